The highest BCUT2D eigenvalue weighted by atomic mass is 35.5. The SMILES string of the molecule is CC(C)(C)NC(=O)C(Cc1ccccc1)N(Cc1ccccc1Cl)C(=O)CCc1ccc2c(c1)OCO2. The zero-order valence-electron chi connectivity index (χ0n) is 21.5. The lowest BCUT2D eigenvalue weighted by Gasteiger charge is -2.34. The van der Waals surface area contributed by atoms with Gasteiger partial charge >= 0.3 is 0 Å². The van der Waals surface area contributed by atoms with E-state index in [0.29, 0.717) is 29.4 Å². The zero-order chi connectivity index (χ0) is 26.4. The van der Waals surface area contributed by atoms with Crippen molar-refractivity contribution >= 4 is 23.4 Å². The minimum atomic E-state index is -0.706. The van der Waals surface area contributed by atoms with Gasteiger partial charge < -0.3 is 19.7 Å². The van der Waals surface area contributed by atoms with Crippen LogP contribution in [0.15, 0.2) is 72.8 Å². The van der Waals surface area contributed by atoms with Gasteiger partial charge in [0.05, 0.1) is 0 Å². The Morgan fingerprint density at radius 3 is 2.38 bits per heavy atom. The molecule has 194 valence electrons. The van der Waals surface area contributed by atoms with Crippen LogP contribution in [0.1, 0.15) is 43.9 Å². The molecule has 7 heteroatoms. The van der Waals surface area contributed by atoms with Gasteiger partial charge in [0.15, 0.2) is 11.5 Å². The predicted octanol–water partition coefficient (Wildman–Crippen LogP) is 5.56. The summed E-state index contributed by atoms with van der Waals surface area (Å²) in [5.74, 6) is 1.07. The number of nitrogens with one attached hydrogen (secondary N) is 1. The van der Waals surface area contributed by atoms with Gasteiger partial charge in [-0.15, -0.1) is 0 Å². The lowest BCUT2D eigenvalue weighted by Crippen LogP contribution is -2.54. The summed E-state index contributed by atoms with van der Waals surface area (Å²) in [4.78, 5) is 29.1. The molecule has 1 aliphatic rings. The molecule has 0 saturated carbocycles. The fourth-order valence-electron chi connectivity index (χ4n) is 4.31. The highest BCUT2D eigenvalue weighted by Gasteiger charge is 2.32. The number of aryl methyl sites for hydroxylation is 1. The number of carbonyl (C=O) groups is 2. The van der Waals surface area contributed by atoms with Gasteiger partial charge in [-0.05, 0) is 62.1 Å². The van der Waals surface area contributed by atoms with E-state index in [2.05, 4.69) is 5.32 Å². The molecule has 37 heavy (non-hydrogen) atoms. The Bertz CT molecular complexity index is 1240. The fourth-order valence-corrected chi connectivity index (χ4v) is 4.50. The monoisotopic (exact) mass is 520 g/mol. The minimum Gasteiger partial charge on any atom is -0.454 e. The Morgan fingerprint density at radius 2 is 1.65 bits per heavy atom. The number of ether oxygens (including phenoxy) is 2. The first kappa shape index (κ1) is 26.6. The number of carbonyl (C=O) groups excluding carboxylic acids is 2. The number of hydrogen-bond acceptors (Lipinski definition) is 4. The van der Waals surface area contributed by atoms with Crippen LogP contribution in [0.5, 0.6) is 11.5 Å². The Labute approximate surface area is 223 Å². The van der Waals surface area contributed by atoms with E-state index >= 15 is 0 Å². The van der Waals surface area contributed by atoms with Crippen LogP contribution < -0.4 is 14.8 Å². The summed E-state index contributed by atoms with van der Waals surface area (Å²) in [6.07, 6.45) is 1.13. The first-order valence-electron chi connectivity index (χ1n) is 12.5. The molecule has 0 aliphatic carbocycles. The molecular formula is C30H33ClN2O4. The largest absolute Gasteiger partial charge is 0.454 e. The van der Waals surface area contributed by atoms with E-state index in [1.165, 1.54) is 0 Å². The Morgan fingerprint density at radius 1 is 0.946 bits per heavy atom. The molecule has 0 fully saturated rings. The lowest BCUT2D eigenvalue weighted by molar-refractivity contribution is -0.141. The van der Waals surface area contributed by atoms with Crippen molar-refractivity contribution in [1.29, 1.82) is 0 Å². The van der Waals surface area contributed by atoms with Crippen LogP contribution in [0, 0.1) is 0 Å². The molecule has 1 heterocycles. The minimum absolute atomic E-state index is 0.123. The summed E-state index contributed by atoms with van der Waals surface area (Å²) in [6, 6.07) is 22.2. The van der Waals surface area contributed by atoms with E-state index < -0.39 is 11.6 Å². The molecule has 1 N–H and O–H groups in total. The molecule has 6 nitrogen and oxygen atoms in total. The van der Waals surface area contributed by atoms with Gasteiger partial charge in [0.25, 0.3) is 0 Å². The standard InChI is InChI=1S/C30H33ClN2O4/c1-30(2,3)32-29(35)25(17-21-9-5-4-6-10-21)33(19-23-11-7-8-12-24(23)31)28(34)16-14-22-13-15-26-27(18-22)37-20-36-26/h4-13,15,18,25H,14,16-17,19-20H2,1-3H3,(H,32,35). The number of hydrogen-bond donors (Lipinski definition) is 1. The lowest BCUT2D eigenvalue weighted by atomic mass is 9.99. The Kier molecular flexibility index (Phi) is 8.39. The quantitative estimate of drug-likeness (QED) is 0.401. The molecule has 0 bridgehead atoms. The van der Waals surface area contributed by atoms with Gasteiger partial charge in [-0.2, -0.15) is 0 Å². The second-order valence-corrected chi connectivity index (χ2v) is 10.7. The zero-order valence-corrected chi connectivity index (χ0v) is 22.3. The van der Waals surface area contributed by atoms with Gasteiger partial charge in [0.2, 0.25) is 18.6 Å². The van der Waals surface area contributed by atoms with Gasteiger partial charge in [-0.3, -0.25) is 9.59 Å². The van der Waals surface area contributed by atoms with E-state index in [1.54, 1.807) is 11.0 Å². The van der Waals surface area contributed by atoms with Gasteiger partial charge in [-0.25, -0.2) is 0 Å². The maximum atomic E-state index is 13.8. The van der Waals surface area contributed by atoms with Crippen LogP contribution in [0.4, 0.5) is 0 Å². The summed E-state index contributed by atoms with van der Waals surface area (Å²) in [5, 5.41) is 3.64. The van der Waals surface area contributed by atoms with Crippen molar-refractivity contribution in [1.82, 2.24) is 10.2 Å². The van der Waals surface area contributed by atoms with Crippen molar-refractivity contribution in [2.45, 2.75) is 58.2 Å². The predicted molar refractivity (Wildman–Crippen MR) is 145 cm³/mol. The normalized spacial score (nSPS) is 13.2. The summed E-state index contributed by atoms with van der Waals surface area (Å²) < 4.78 is 10.9. The van der Waals surface area contributed by atoms with E-state index in [-0.39, 0.29) is 31.6 Å². The number of benzene rings is 3. The number of halogens is 1. The second kappa shape index (κ2) is 11.7. The summed E-state index contributed by atoms with van der Waals surface area (Å²) in [5.41, 5.74) is 2.29. The molecule has 0 radical (unpaired) electrons. The third-order valence-corrected chi connectivity index (χ3v) is 6.50. The van der Waals surface area contributed by atoms with Crippen LogP contribution in [-0.2, 0) is 29.0 Å². The van der Waals surface area contributed by atoms with Crippen molar-refractivity contribution in [3.05, 3.63) is 94.5 Å². The Hall–Kier alpha value is -3.51. The van der Waals surface area contributed by atoms with Crippen LogP contribution in [0.3, 0.4) is 0 Å². The first-order valence-corrected chi connectivity index (χ1v) is 12.8. The van der Waals surface area contributed by atoms with Crippen LogP contribution in [0.2, 0.25) is 5.02 Å². The van der Waals surface area contributed by atoms with Crippen LogP contribution in [-0.4, -0.2) is 35.1 Å². The van der Waals surface area contributed by atoms with E-state index in [4.69, 9.17) is 21.1 Å². The summed E-state index contributed by atoms with van der Waals surface area (Å²) >= 11 is 6.49. The number of nitrogens with zero attached hydrogens (tertiary/aromatic N) is 1. The molecule has 3 aromatic carbocycles. The first-order chi connectivity index (χ1) is 17.7. The third-order valence-electron chi connectivity index (χ3n) is 6.13. The molecule has 0 saturated heterocycles. The van der Waals surface area contributed by atoms with E-state index in [9.17, 15) is 9.59 Å². The molecule has 0 spiro atoms. The number of amides is 2. The summed E-state index contributed by atoms with van der Waals surface area (Å²) in [6.45, 7) is 6.24. The van der Waals surface area contributed by atoms with Crippen molar-refractivity contribution < 1.29 is 19.1 Å². The molecule has 3 aromatic rings. The van der Waals surface area contributed by atoms with Gasteiger partial charge in [0, 0.05) is 29.9 Å². The molecule has 1 atom stereocenters. The molecule has 1 aliphatic heterocycles. The van der Waals surface area contributed by atoms with Crippen molar-refractivity contribution in [2.75, 3.05) is 6.79 Å². The smallest absolute Gasteiger partial charge is 0.243 e. The summed E-state index contributed by atoms with van der Waals surface area (Å²) in [7, 11) is 0. The third kappa shape index (κ3) is 7.26. The maximum absolute atomic E-state index is 13.8. The average Bonchev–Trinajstić information content (AvgIpc) is 3.33. The molecule has 2 amide bonds. The number of fused-ring (bicyclic) bond motifs is 1. The highest BCUT2D eigenvalue weighted by molar-refractivity contribution is 6.31. The fraction of sp³-hybridized carbons (Fsp3) is 0.333. The molecule has 0 aromatic heterocycles. The molecule has 1 unspecified atom stereocenters. The highest BCUT2D eigenvalue weighted by Crippen LogP contribution is 2.33. The van der Waals surface area contributed by atoms with Crippen molar-refractivity contribution in [3.8, 4) is 11.5 Å². The van der Waals surface area contributed by atoms with Crippen molar-refractivity contribution in [2.24, 2.45) is 0 Å². The number of rotatable bonds is 9. The van der Waals surface area contributed by atoms with E-state index in [1.807, 2.05) is 87.5 Å². The Balaban J connectivity index is 1.62. The molecular weight excluding hydrogens is 488 g/mol. The van der Waals surface area contributed by atoms with Gasteiger partial charge in [0.1, 0.15) is 6.04 Å². The average molecular weight is 521 g/mol. The van der Waals surface area contributed by atoms with Crippen LogP contribution >= 0.6 is 11.6 Å². The van der Waals surface area contributed by atoms with Gasteiger partial charge in [-0.1, -0.05) is 66.2 Å². The maximum Gasteiger partial charge on any atom is 0.243 e. The topological polar surface area (TPSA) is 67.9 Å². The second-order valence-electron chi connectivity index (χ2n) is 10.2. The molecule has 4 rings (SSSR count). The van der Waals surface area contributed by atoms with Crippen molar-refractivity contribution in [3.63, 3.8) is 0 Å². The van der Waals surface area contributed by atoms with E-state index in [0.717, 1.165) is 16.7 Å². The van der Waals surface area contributed by atoms with Crippen LogP contribution in [0.25, 0.3) is 0 Å².